The standard InChI is InChI=1S/C12H21NO4/c1-3-10-9(6-7-17-10)12(16)13-8(2)4-5-11(14)15/h8-10H,3-7H2,1-2H3,(H,13,16)(H,14,15). The number of carboxylic acids is 1. The van der Waals surface area contributed by atoms with Gasteiger partial charge >= 0.3 is 5.97 Å². The number of aliphatic carboxylic acids is 1. The number of rotatable bonds is 6. The molecular weight excluding hydrogens is 222 g/mol. The van der Waals surface area contributed by atoms with Gasteiger partial charge in [0.25, 0.3) is 0 Å². The van der Waals surface area contributed by atoms with Gasteiger partial charge < -0.3 is 15.2 Å². The normalized spacial score (nSPS) is 25.5. The molecule has 0 aliphatic carbocycles. The molecule has 3 unspecified atom stereocenters. The van der Waals surface area contributed by atoms with E-state index in [9.17, 15) is 9.59 Å². The summed E-state index contributed by atoms with van der Waals surface area (Å²) < 4.78 is 5.46. The number of ether oxygens (including phenoxy) is 1. The Kier molecular flexibility index (Phi) is 5.41. The third-order valence-electron chi connectivity index (χ3n) is 3.13. The van der Waals surface area contributed by atoms with Gasteiger partial charge in [0, 0.05) is 19.1 Å². The summed E-state index contributed by atoms with van der Waals surface area (Å²) in [5.74, 6) is -0.916. The topological polar surface area (TPSA) is 75.6 Å². The van der Waals surface area contributed by atoms with Crippen molar-refractivity contribution in [3.05, 3.63) is 0 Å². The average Bonchev–Trinajstić information content (AvgIpc) is 2.74. The molecule has 1 fully saturated rings. The van der Waals surface area contributed by atoms with Crippen LogP contribution in [0.3, 0.4) is 0 Å². The van der Waals surface area contributed by atoms with E-state index < -0.39 is 5.97 Å². The van der Waals surface area contributed by atoms with Gasteiger partial charge in [0.15, 0.2) is 0 Å². The first-order chi connectivity index (χ1) is 8.04. The fraction of sp³-hybridized carbons (Fsp3) is 0.833. The number of carbonyl (C=O) groups excluding carboxylic acids is 1. The third-order valence-corrected chi connectivity index (χ3v) is 3.13. The molecule has 0 spiro atoms. The van der Waals surface area contributed by atoms with Crippen LogP contribution < -0.4 is 5.32 Å². The highest BCUT2D eigenvalue weighted by atomic mass is 16.5. The highest BCUT2D eigenvalue weighted by molar-refractivity contribution is 5.79. The second-order valence-corrected chi connectivity index (χ2v) is 4.55. The van der Waals surface area contributed by atoms with Gasteiger partial charge in [0.05, 0.1) is 12.0 Å². The Bertz CT molecular complexity index is 280. The Labute approximate surface area is 102 Å². The zero-order valence-corrected chi connectivity index (χ0v) is 10.4. The minimum absolute atomic E-state index is 0.00719. The van der Waals surface area contributed by atoms with Gasteiger partial charge in [-0.25, -0.2) is 0 Å². The summed E-state index contributed by atoms with van der Waals surface area (Å²) in [4.78, 5) is 22.3. The summed E-state index contributed by atoms with van der Waals surface area (Å²) >= 11 is 0. The van der Waals surface area contributed by atoms with Gasteiger partial charge in [-0.1, -0.05) is 6.92 Å². The first-order valence-corrected chi connectivity index (χ1v) is 6.18. The number of carbonyl (C=O) groups is 2. The number of amides is 1. The lowest BCUT2D eigenvalue weighted by Gasteiger charge is -2.19. The van der Waals surface area contributed by atoms with Gasteiger partial charge in [-0.2, -0.15) is 0 Å². The second-order valence-electron chi connectivity index (χ2n) is 4.55. The smallest absolute Gasteiger partial charge is 0.303 e. The quantitative estimate of drug-likeness (QED) is 0.734. The number of carboxylic acid groups (broad SMARTS) is 1. The maximum absolute atomic E-state index is 11.9. The van der Waals surface area contributed by atoms with E-state index in [1.54, 1.807) is 0 Å². The molecule has 1 amide bonds. The van der Waals surface area contributed by atoms with Crippen LogP contribution in [0.25, 0.3) is 0 Å². The van der Waals surface area contributed by atoms with Crippen molar-refractivity contribution in [2.45, 2.75) is 51.7 Å². The Hall–Kier alpha value is -1.10. The van der Waals surface area contributed by atoms with Gasteiger partial charge in [0.2, 0.25) is 5.91 Å². The molecule has 1 saturated heterocycles. The fourth-order valence-corrected chi connectivity index (χ4v) is 2.11. The van der Waals surface area contributed by atoms with Crippen LogP contribution in [0.5, 0.6) is 0 Å². The molecule has 3 atom stereocenters. The van der Waals surface area contributed by atoms with E-state index in [4.69, 9.17) is 9.84 Å². The van der Waals surface area contributed by atoms with Gasteiger partial charge in [-0.15, -0.1) is 0 Å². The lowest BCUT2D eigenvalue weighted by atomic mass is 9.98. The molecule has 0 radical (unpaired) electrons. The number of hydrogen-bond acceptors (Lipinski definition) is 3. The van der Waals surface area contributed by atoms with Crippen LogP contribution in [-0.2, 0) is 14.3 Å². The van der Waals surface area contributed by atoms with Crippen molar-refractivity contribution in [2.24, 2.45) is 5.92 Å². The van der Waals surface area contributed by atoms with E-state index >= 15 is 0 Å². The highest BCUT2D eigenvalue weighted by Crippen LogP contribution is 2.23. The molecule has 0 saturated carbocycles. The summed E-state index contributed by atoms with van der Waals surface area (Å²) in [5.41, 5.74) is 0. The lowest BCUT2D eigenvalue weighted by molar-refractivity contribution is -0.137. The molecule has 0 aromatic heterocycles. The fourth-order valence-electron chi connectivity index (χ4n) is 2.11. The van der Waals surface area contributed by atoms with Gasteiger partial charge in [-0.05, 0) is 26.2 Å². The largest absolute Gasteiger partial charge is 0.481 e. The predicted molar refractivity (Wildman–Crippen MR) is 62.6 cm³/mol. The maximum Gasteiger partial charge on any atom is 0.303 e. The Balaban J connectivity index is 2.35. The number of nitrogens with one attached hydrogen (secondary N) is 1. The van der Waals surface area contributed by atoms with E-state index in [1.165, 1.54) is 0 Å². The second kappa shape index (κ2) is 6.59. The summed E-state index contributed by atoms with van der Waals surface area (Å²) in [5, 5.41) is 11.4. The van der Waals surface area contributed by atoms with Crippen molar-refractivity contribution in [1.29, 1.82) is 0 Å². The zero-order chi connectivity index (χ0) is 12.8. The van der Waals surface area contributed by atoms with Crippen LogP contribution >= 0.6 is 0 Å². The van der Waals surface area contributed by atoms with Crippen LogP contribution in [-0.4, -0.2) is 35.7 Å². The van der Waals surface area contributed by atoms with Crippen molar-refractivity contribution in [2.75, 3.05) is 6.61 Å². The molecule has 1 heterocycles. The van der Waals surface area contributed by atoms with Crippen LogP contribution in [0.4, 0.5) is 0 Å². The predicted octanol–water partition coefficient (Wildman–Crippen LogP) is 1.17. The van der Waals surface area contributed by atoms with E-state index in [0.717, 1.165) is 12.8 Å². The van der Waals surface area contributed by atoms with Crippen molar-refractivity contribution in [1.82, 2.24) is 5.32 Å². The van der Waals surface area contributed by atoms with Crippen LogP contribution in [0.1, 0.15) is 39.5 Å². The molecule has 5 heteroatoms. The summed E-state index contributed by atoms with van der Waals surface area (Å²) in [6.07, 6.45) is 2.16. The van der Waals surface area contributed by atoms with Gasteiger partial charge in [0.1, 0.15) is 0 Å². The summed E-state index contributed by atoms with van der Waals surface area (Å²) in [7, 11) is 0. The van der Waals surface area contributed by atoms with Crippen molar-refractivity contribution in [3.63, 3.8) is 0 Å². The molecule has 0 bridgehead atoms. The minimum Gasteiger partial charge on any atom is -0.481 e. The maximum atomic E-state index is 11.9. The molecule has 1 aliphatic heterocycles. The van der Waals surface area contributed by atoms with E-state index in [1.807, 2.05) is 13.8 Å². The van der Waals surface area contributed by atoms with E-state index in [-0.39, 0.29) is 30.4 Å². The third kappa shape index (κ3) is 4.34. The lowest BCUT2D eigenvalue weighted by Crippen LogP contribution is -2.40. The first-order valence-electron chi connectivity index (χ1n) is 6.18. The molecule has 1 aliphatic rings. The first kappa shape index (κ1) is 14.0. The molecule has 0 aromatic carbocycles. The van der Waals surface area contributed by atoms with Crippen molar-refractivity contribution < 1.29 is 19.4 Å². The zero-order valence-electron chi connectivity index (χ0n) is 10.4. The van der Waals surface area contributed by atoms with Gasteiger partial charge in [-0.3, -0.25) is 9.59 Å². The van der Waals surface area contributed by atoms with E-state index in [2.05, 4.69) is 5.32 Å². The monoisotopic (exact) mass is 243 g/mol. The summed E-state index contributed by atoms with van der Waals surface area (Å²) in [6.45, 7) is 4.47. The molecule has 98 valence electrons. The molecule has 17 heavy (non-hydrogen) atoms. The van der Waals surface area contributed by atoms with Crippen LogP contribution in [0, 0.1) is 5.92 Å². The molecule has 5 nitrogen and oxygen atoms in total. The Morgan fingerprint density at radius 3 is 2.82 bits per heavy atom. The van der Waals surface area contributed by atoms with E-state index in [0.29, 0.717) is 13.0 Å². The number of hydrogen-bond donors (Lipinski definition) is 2. The molecule has 0 aromatic rings. The Morgan fingerprint density at radius 1 is 1.53 bits per heavy atom. The Morgan fingerprint density at radius 2 is 2.24 bits per heavy atom. The molecular formula is C12H21NO4. The minimum atomic E-state index is -0.832. The SMILES string of the molecule is CCC1OCCC1C(=O)NC(C)CCC(=O)O. The average molecular weight is 243 g/mol. The molecule has 1 rings (SSSR count). The van der Waals surface area contributed by atoms with Crippen molar-refractivity contribution >= 4 is 11.9 Å². The van der Waals surface area contributed by atoms with Crippen LogP contribution in [0.2, 0.25) is 0 Å². The summed E-state index contributed by atoms with van der Waals surface area (Å²) in [6, 6.07) is -0.100. The van der Waals surface area contributed by atoms with Crippen molar-refractivity contribution in [3.8, 4) is 0 Å². The molecule has 2 N–H and O–H groups in total. The highest BCUT2D eigenvalue weighted by Gasteiger charge is 2.33. The van der Waals surface area contributed by atoms with Crippen LogP contribution in [0.15, 0.2) is 0 Å².